The summed E-state index contributed by atoms with van der Waals surface area (Å²) in [4.78, 5) is 0. The van der Waals surface area contributed by atoms with Crippen molar-refractivity contribution in [3.63, 3.8) is 0 Å². The third-order valence-corrected chi connectivity index (χ3v) is 4.37. The van der Waals surface area contributed by atoms with Crippen LogP contribution >= 0.6 is 11.6 Å². The summed E-state index contributed by atoms with van der Waals surface area (Å²) in [5, 5.41) is 3.90. The van der Waals surface area contributed by atoms with E-state index in [1.54, 1.807) is 0 Å². The van der Waals surface area contributed by atoms with Gasteiger partial charge >= 0.3 is 7.12 Å². The van der Waals surface area contributed by atoms with Crippen LogP contribution in [0.2, 0.25) is 5.02 Å². The monoisotopic (exact) mass is 307 g/mol. The van der Waals surface area contributed by atoms with E-state index in [2.05, 4.69) is 39.1 Å². The molecule has 1 aliphatic heterocycles. The highest BCUT2D eigenvalue weighted by Crippen LogP contribution is 2.38. The number of benzene rings is 1. The number of rotatable bonds is 4. The Bertz CT molecular complexity index is 527. The lowest BCUT2D eigenvalue weighted by Gasteiger charge is -2.32. The summed E-state index contributed by atoms with van der Waals surface area (Å²) in [6, 6.07) is 7.76. The molecule has 114 valence electrons. The van der Waals surface area contributed by atoms with E-state index in [1.807, 2.05) is 31.3 Å². The zero-order valence-electron chi connectivity index (χ0n) is 13.4. The fourth-order valence-corrected chi connectivity index (χ4v) is 2.41. The van der Waals surface area contributed by atoms with Crippen LogP contribution in [0.15, 0.2) is 29.7 Å². The van der Waals surface area contributed by atoms with Crippen LogP contribution in [0.3, 0.4) is 0 Å². The van der Waals surface area contributed by atoms with Crippen molar-refractivity contribution in [2.24, 2.45) is 0 Å². The molecule has 0 amide bonds. The molecule has 0 spiro atoms. The van der Waals surface area contributed by atoms with Crippen molar-refractivity contribution in [1.82, 2.24) is 5.32 Å². The van der Waals surface area contributed by atoms with E-state index >= 15 is 0 Å². The van der Waals surface area contributed by atoms with E-state index in [0.29, 0.717) is 6.54 Å². The number of halogens is 1. The third-order valence-electron chi connectivity index (χ3n) is 4.14. The zero-order chi connectivity index (χ0) is 15.7. The summed E-state index contributed by atoms with van der Waals surface area (Å²) in [5.74, 6) is 0. The molecule has 1 aliphatic rings. The van der Waals surface area contributed by atoms with E-state index in [9.17, 15) is 0 Å². The maximum Gasteiger partial charge on any atom is 0.491 e. The van der Waals surface area contributed by atoms with Crippen molar-refractivity contribution in [2.75, 3.05) is 13.6 Å². The number of likely N-dealkylation sites (N-methyl/N-ethyl adjacent to an activating group) is 1. The topological polar surface area (TPSA) is 30.5 Å². The zero-order valence-corrected chi connectivity index (χ0v) is 14.1. The van der Waals surface area contributed by atoms with Crippen molar-refractivity contribution in [1.29, 1.82) is 0 Å². The highest BCUT2D eigenvalue weighted by Gasteiger charge is 2.52. The molecule has 1 aromatic rings. The second-order valence-corrected chi connectivity index (χ2v) is 6.83. The van der Waals surface area contributed by atoms with Gasteiger partial charge in [0.2, 0.25) is 0 Å². The van der Waals surface area contributed by atoms with Gasteiger partial charge in [-0.1, -0.05) is 29.8 Å². The van der Waals surface area contributed by atoms with Crippen molar-refractivity contribution < 1.29 is 9.31 Å². The largest absolute Gasteiger partial charge is 0.491 e. The second-order valence-electron chi connectivity index (χ2n) is 6.39. The van der Waals surface area contributed by atoms with Crippen molar-refractivity contribution in [2.45, 2.75) is 38.9 Å². The average molecular weight is 308 g/mol. The van der Waals surface area contributed by atoms with Gasteiger partial charge in [0.1, 0.15) is 0 Å². The van der Waals surface area contributed by atoms with Crippen molar-refractivity contribution >= 4 is 24.8 Å². The Morgan fingerprint density at radius 3 is 2.38 bits per heavy atom. The van der Waals surface area contributed by atoms with Gasteiger partial charge in [-0.05, 0) is 57.9 Å². The Morgan fingerprint density at radius 2 is 1.86 bits per heavy atom. The minimum atomic E-state index is -0.346. The first-order valence-corrected chi connectivity index (χ1v) is 7.59. The Balaban J connectivity index is 2.28. The first-order valence-electron chi connectivity index (χ1n) is 7.21. The fourth-order valence-electron chi connectivity index (χ4n) is 2.21. The molecule has 3 nitrogen and oxygen atoms in total. The first-order chi connectivity index (χ1) is 9.75. The third kappa shape index (κ3) is 3.69. The molecule has 0 aliphatic carbocycles. The van der Waals surface area contributed by atoms with Gasteiger partial charge in [-0.25, -0.2) is 0 Å². The van der Waals surface area contributed by atoms with E-state index in [0.717, 1.165) is 16.1 Å². The molecule has 0 aromatic heterocycles. The van der Waals surface area contributed by atoms with Crippen LogP contribution < -0.4 is 5.32 Å². The summed E-state index contributed by atoms with van der Waals surface area (Å²) in [6.07, 6.45) is 2.07. The van der Waals surface area contributed by atoms with Crippen LogP contribution in [-0.2, 0) is 9.31 Å². The normalized spacial score (nSPS) is 20.9. The molecule has 0 unspecified atom stereocenters. The summed E-state index contributed by atoms with van der Waals surface area (Å²) in [6.45, 7) is 8.93. The molecule has 1 saturated heterocycles. The van der Waals surface area contributed by atoms with Gasteiger partial charge in [0.15, 0.2) is 0 Å². The number of nitrogens with one attached hydrogen (secondary N) is 1. The molecule has 0 atom stereocenters. The van der Waals surface area contributed by atoms with Crippen LogP contribution in [0.1, 0.15) is 33.3 Å². The molecule has 5 heteroatoms. The minimum Gasteiger partial charge on any atom is -0.400 e. The summed E-state index contributed by atoms with van der Waals surface area (Å²) in [5.41, 5.74) is 1.43. The Kier molecular flexibility index (Phi) is 4.84. The molecule has 0 bridgehead atoms. The van der Waals surface area contributed by atoms with E-state index in [1.165, 1.54) is 0 Å². The summed E-state index contributed by atoms with van der Waals surface area (Å²) in [7, 11) is 1.57. The number of hydrogen-bond acceptors (Lipinski definition) is 3. The van der Waals surface area contributed by atoms with Gasteiger partial charge in [0.05, 0.1) is 11.2 Å². The van der Waals surface area contributed by atoms with E-state index in [-0.39, 0.29) is 18.3 Å². The van der Waals surface area contributed by atoms with Crippen LogP contribution in [0, 0.1) is 0 Å². The molecule has 2 rings (SSSR count). The standard InChI is InChI=1S/C16H23BClNO2/c1-15(2)16(3,4)21-17(20-15)13(11-19-5)9-12-7-6-8-14(18)10-12/h6-10,19H,11H2,1-5H3. The predicted molar refractivity (Wildman–Crippen MR) is 89.4 cm³/mol. The maximum atomic E-state index is 6.12. The Hall–Kier alpha value is -0.805. The second kappa shape index (κ2) is 6.13. The molecule has 0 radical (unpaired) electrons. The predicted octanol–water partition coefficient (Wildman–Crippen LogP) is 3.57. The van der Waals surface area contributed by atoms with E-state index < -0.39 is 0 Å². The van der Waals surface area contributed by atoms with Gasteiger partial charge in [0.25, 0.3) is 0 Å². The molecular formula is C16H23BClNO2. The van der Waals surface area contributed by atoms with Crippen LogP contribution in [-0.4, -0.2) is 31.9 Å². The van der Waals surface area contributed by atoms with Gasteiger partial charge in [-0.15, -0.1) is 0 Å². The highest BCUT2D eigenvalue weighted by atomic mass is 35.5. The Labute approximate surface area is 132 Å². The molecule has 1 fully saturated rings. The van der Waals surface area contributed by atoms with Crippen molar-refractivity contribution in [3.8, 4) is 0 Å². The van der Waals surface area contributed by atoms with Crippen LogP contribution in [0.5, 0.6) is 0 Å². The average Bonchev–Trinajstić information content (AvgIpc) is 2.58. The lowest BCUT2D eigenvalue weighted by molar-refractivity contribution is 0.00578. The van der Waals surface area contributed by atoms with E-state index in [4.69, 9.17) is 20.9 Å². The molecule has 0 saturated carbocycles. The maximum absolute atomic E-state index is 6.12. The fraction of sp³-hybridized carbons (Fsp3) is 0.500. The first kappa shape index (κ1) is 16.6. The number of hydrogen-bond donors (Lipinski definition) is 1. The minimum absolute atomic E-state index is 0.334. The smallest absolute Gasteiger partial charge is 0.400 e. The lowest BCUT2D eigenvalue weighted by atomic mass is 9.77. The summed E-state index contributed by atoms with van der Waals surface area (Å²) < 4.78 is 12.2. The van der Waals surface area contributed by atoms with Crippen LogP contribution in [0.25, 0.3) is 6.08 Å². The SMILES string of the molecule is CNCC(=Cc1cccc(Cl)c1)B1OC(C)(C)C(C)(C)O1. The summed E-state index contributed by atoms with van der Waals surface area (Å²) >= 11 is 6.05. The molecule has 1 heterocycles. The van der Waals surface area contributed by atoms with Gasteiger partial charge < -0.3 is 14.6 Å². The quantitative estimate of drug-likeness (QED) is 0.863. The van der Waals surface area contributed by atoms with Gasteiger partial charge in [-0.2, -0.15) is 0 Å². The Morgan fingerprint density at radius 1 is 1.24 bits per heavy atom. The van der Waals surface area contributed by atoms with Crippen molar-refractivity contribution in [3.05, 3.63) is 40.3 Å². The van der Waals surface area contributed by atoms with Crippen LogP contribution in [0.4, 0.5) is 0 Å². The highest BCUT2D eigenvalue weighted by molar-refractivity contribution is 6.56. The molecule has 21 heavy (non-hydrogen) atoms. The lowest BCUT2D eigenvalue weighted by Crippen LogP contribution is -2.41. The van der Waals surface area contributed by atoms with Gasteiger partial charge in [-0.3, -0.25) is 0 Å². The molecular weight excluding hydrogens is 284 g/mol. The molecule has 1 aromatic carbocycles. The van der Waals surface area contributed by atoms with Gasteiger partial charge in [0, 0.05) is 11.6 Å². The molecule has 1 N–H and O–H groups in total.